The lowest BCUT2D eigenvalue weighted by atomic mass is 10.0. The number of hydrogen-bond donors (Lipinski definition) is 2. The van der Waals surface area contributed by atoms with Crippen molar-refractivity contribution >= 4 is 35.1 Å². The topological polar surface area (TPSA) is 88.8 Å². The molecule has 128 valence electrons. The molecule has 1 amide bonds. The van der Waals surface area contributed by atoms with Crippen LogP contribution in [0.3, 0.4) is 0 Å². The molecule has 8 heteroatoms. The Morgan fingerprint density at radius 3 is 2.62 bits per heavy atom. The first-order chi connectivity index (χ1) is 11.4. The zero-order valence-corrected chi connectivity index (χ0v) is 14.2. The van der Waals surface area contributed by atoms with Gasteiger partial charge >= 0.3 is 5.97 Å². The molecule has 24 heavy (non-hydrogen) atoms. The van der Waals surface area contributed by atoms with E-state index in [1.54, 1.807) is 25.3 Å². The maximum absolute atomic E-state index is 12.3. The second kappa shape index (κ2) is 8.19. The lowest BCUT2D eigenvalue weighted by molar-refractivity contribution is 0.0695. The van der Waals surface area contributed by atoms with Crippen molar-refractivity contribution in [3.05, 3.63) is 57.5 Å². The average Bonchev–Trinajstić information content (AvgIpc) is 3.04. The highest BCUT2D eigenvalue weighted by Gasteiger charge is 2.20. The summed E-state index contributed by atoms with van der Waals surface area (Å²) in [6, 6.07) is 5.82. The van der Waals surface area contributed by atoms with Gasteiger partial charge in [0.15, 0.2) is 5.76 Å². The van der Waals surface area contributed by atoms with E-state index in [0.717, 1.165) is 11.8 Å². The Labute approximate surface area is 148 Å². The van der Waals surface area contributed by atoms with Crippen LogP contribution >= 0.6 is 23.2 Å². The molecule has 0 aliphatic heterocycles. The molecule has 1 aromatic carbocycles. The van der Waals surface area contributed by atoms with Gasteiger partial charge in [0.05, 0.1) is 21.7 Å². The van der Waals surface area contributed by atoms with Crippen LogP contribution in [0.15, 0.2) is 34.9 Å². The molecule has 1 heterocycles. The number of carbonyl (C=O) groups is 2. The first-order valence-corrected chi connectivity index (χ1v) is 7.74. The molecular formula is C16H15Cl2NO5. The molecule has 0 aliphatic rings. The molecule has 1 aromatic heterocycles. The molecule has 2 rings (SSSR count). The van der Waals surface area contributed by atoms with Gasteiger partial charge in [-0.05, 0) is 24.1 Å². The van der Waals surface area contributed by atoms with Crippen molar-refractivity contribution in [2.24, 2.45) is 0 Å². The number of nitrogens with one attached hydrogen (secondary N) is 1. The number of carboxylic acids is 1. The highest BCUT2D eigenvalue weighted by molar-refractivity contribution is 6.42. The SMILES string of the molecule is COCCC(NC(=O)c1cc(C(=O)O)co1)c1ccc(Cl)c(Cl)c1. The quantitative estimate of drug-likeness (QED) is 0.772. The van der Waals surface area contributed by atoms with Gasteiger partial charge in [0.1, 0.15) is 6.26 Å². The van der Waals surface area contributed by atoms with Crippen LogP contribution in [0.25, 0.3) is 0 Å². The first kappa shape index (κ1) is 18.3. The van der Waals surface area contributed by atoms with E-state index in [0.29, 0.717) is 23.1 Å². The summed E-state index contributed by atoms with van der Waals surface area (Å²) in [7, 11) is 1.55. The molecule has 1 unspecified atom stereocenters. The van der Waals surface area contributed by atoms with Gasteiger partial charge in [-0.1, -0.05) is 29.3 Å². The number of benzene rings is 1. The molecular weight excluding hydrogens is 357 g/mol. The molecule has 0 radical (unpaired) electrons. The van der Waals surface area contributed by atoms with Crippen molar-refractivity contribution in [3.63, 3.8) is 0 Å². The highest BCUT2D eigenvalue weighted by atomic mass is 35.5. The zero-order chi connectivity index (χ0) is 17.7. The summed E-state index contributed by atoms with van der Waals surface area (Å²) >= 11 is 11.9. The van der Waals surface area contributed by atoms with Gasteiger partial charge in [-0.2, -0.15) is 0 Å². The maximum atomic E-state index is 12.3. The first-order valence-electron chi connectivity index (χ1n) is 6.99. The van der Waals surface area contributed by atoms with Crippen LogP contribution in [-0.4, -0.2) is 30.7 Å². The predicted molar refractivity (Wildman–Crippen MR) is 88.8 cm³/mol. The van der Waals surface area contributed by atoms with Gasteiger partial charge < -0.3 is 19.6 Å². The summed E-state index contributed by atoms with van der Waals surface area (Å²) in [5.74, 6) is -1.79. The number of furan rings is 1. The van der Waals surface area contributed by atoms with Crippen molar-refractivity contribution in [2.45, 2.75) is 12.5 Å². The predicted octanol–water partition coefficient (Wildman–Crippen LogP) is 3.79. The number of ether oxygens (including phenoxy) is 1. The van der Waals surface area contributed by atoms with Crippen molar-refractivity contribution in [1.29, 1.82) is 0 Å². The summed E-state index contributed by atoms with van der Waals surface area (Å²) in [6.45, 7) is 0.406. The zero-order valence-electron chi connectivity index (χ0n) is 12.7. The normalized spacial score (nSPS) is 12.0. The second-order valence-electron chi connectivity index (χ2n) is 4.99. The van der Waals surface area contributed by atoms with Crippen LogP contribution in [0.2, 0.25) is 10.0 Å². The third-order valence-corrected chi connectivity index (χ3v) is 4.07. The Morgan fingerprint density at radius 2 is 2.04 bits per heavy atom. The van der Waals surface area contributed by atoms with E-state index in [2.05, 4.69) is 5.32 Å². The average molecular weight is 372 g/mol. The minimum atomic E-state index is -1.17. The number of hydrogen-bond acceptors (Lipinski definition) is 4. The number of halogens is 2. The van der Waals surface area contributed by atoms with Crippen LogP contribution in [0, 0.1) is 0 Å². The molecule has 1 atom stereocenters. The molecule has 2 N–H and O–H groups in total. The Bertz CT molecular complexity index is 744. The van der Waals surface area contributed by atoms with Gasteiger partial charge in [0.25, 0.3) is 5.91 Å². The Balaban J connectivity index is 2.19. The third kappa shape index (κ3) is 4.50. The summed E-state index contributed by atoms with van der Waals surface area (Å²) in [4.78, 5) is 23.1. The summed E-state index contributed by atoms with van der Waals surface area (Å²) in [6.07, 6.45) is 1.51. The largest absolute Gasteiger partial charge is 0.478 e. The Morgan fingerprint density at radius 1 is 1.29 bits per heavy atom. The molecule has 2 aromatic rings. The fourth-order valence-electron chi connectivity index (χ4n) is 2.08. The van der Waals surface area contributed by atoms with Crippen LogP contribution in [0.4, 0.5) is 0 Å². The van der Waals surface area contributed by atoms with Gasteiger partial charge in [-0.3, -0.25) is 4.79 Å². The number of aromatic carboxylic acids is 1. The van der Waals surface area contributed by atoms with Gasteiger partial charge in [-0.25, -0.2) is 4.79 Å². The van der Waals surface area contributed by atoms with Crippen molar-refractivity contribution in [2.75, 3.05) is 13.7 Å². The fraction of sp³-hybridized carbons (Fsp3) is 0.250. The van der Waals surface area contributed by atoms with E-state index in [-0.39, 0.29) is 11.3 Å². The molecule has 0 fully saturated rings. The molecule has 0 spiro atoms. The number of rotatable bonds is 7. The summed E-state index contributed by atoms with van der Waals surface area (Å²) in [5.41, 5.74) is 0.656. The minimum Gasteiger partial charge on any atom is -0.478 e. The number of methoxy groups -OCH3 is 1. The van der Waals surface area contributed by atoms with Gasteiger partial charge in [0.2, 0.25) is 0 Å². The lowest BCUT2D eigenvalue weighted by Crippen LogP contribution is -2.29. The fourth-order valence-corrected chi connectivity index (χ4v) is 2.39. The van der Waals surface area contributed by atoms with Gasteiger partial charge in [0, 0.05) is 19.8 Å². The number of amides is 1. The molecule has 6 nitrogen and oxygen atoms in total. The molecule has 0 saturated carbocycles. The Kier molecular flexibility index (Phi) is 6.25. The van der Waals surface area contributed by atoms with E-state index in [9.17, 15) is 9.59 Å². The maximum Gasteiger partial charge on any atom is 0.338 e. The number of carboxylic acid groups (broad SMARTS) is 1. The molecule has 0 saturated heterocycles. The van der Waals surface area contributed by atoms with E-state index < -0.39 is 17.9 Å². The summed E-state index contributed by atoms with van der Waals surface area (Å²) in [5, 5.41) is 12.4. The van der Waals surface area contributed by atoms with Crippen LogP contribution < -0.4 is 5.32 Å². The van der Waals surface area contributed by atoms with E-state index in [1.807, 2.05) is 0 Å². The van der Waals surface area contributed by atoms with Crippen molar-refractivity contribution in [1.82, 2.24) is 5.32 Å². The van der Waals surface area contributed by atoms with Crippen LogP contribution in [-0.2, 0) is 4.74 Å². The molecule has 0 bridgehead atoms. The lowest BCUT2D eigenvalue weighted by Gasteiger charge is -2.19. The van der Waals surface area contributed by atoms with E-state index >= 15 is 0 Å². The third-order valence-electron chi connectivity index (χ3n) is 3.33. The van der Waals surface area contributed by atoms with Crippen LogP contribution in [0.5, 0.6) is 0 Å². The van der Waals surface area contributed by atoms with E-state index in [1.165, 1.54) is 6.07 Å². The smallest absolute Gasteiger partial charge is 0.338 e. The van der Waals surface area contributed by atoms with Crippen LogP contribution in [0.1, 0.15) is 38.9 Å². The number of carbonyl (C=O) groups excluding carboxylic acids is 1. The van der Waals surface area contributed by atoms with E-state index in [4.69, 9.17) is 37.5 Å². The summed E-state index contributed by atoms with van der Waals surface area (Å²) < 4.78 is 10.1. The molecule has 0 aliphatic carbocycles. The monoisotopic (exact) mass is 371 g/mol. The van der Waals surface area contributed by atoms with Crippen molar-refractivity contribution < 1.29 is 23.8 Å². The second-order valence-corrected chi connectivity index (χ2v) is 5.80. The Hall–Kier alpha value is -2.02. The van der Waals surface area contributed by atoms with Crippen molar-refractivity contribution in [3.8, 4) is 0 Å². The van der Waals surface area contributed by atoms with Gasteiger partial charge in [-0.15, -0.1) is 0 Å². The minimum absolute atomic E-state index is 0.0881. The highest BCUT2D eigenvalue weighted by Crippen LogP contribution is 2.27. The standard InChI is InChI=1S/C16H15Cl2NO5/c1-23-5-4-13(9-2-3-11(17)12(18)6-9)19-15(20)14-7-10(8-24-14)16(21)22/h2-3,6-8,13H,4-5H2,1H3,(H,19,20)(H,21,22).